The SMILES string of the molecule is Cc1ccc2c(CC(=O)OC(C)(C)C)coc2c1. The van der Waals surface area contributed by atoms with E-state index in [-0.39, 0.29) is 12.4 Å². The van der Waals surface area contributed by atoms with Crippen molar-refractivity contribution < 1.29 is 13.9 Å². The molecule has 0 fully saturated rings. The molecule has 0 saturated heterocycles. The zero-order valence-corrected chi connectivity index (χ0v) is 11.2. The van der Waals surface area contributed by atoms with Crippen LogP contribution in [0.4, 0.5) is 0 Å². The topological polar surface area (TPSA) is 39.4 Å². The molecule has 96 valence electrons. The van der Waals surface area contributed by atoms with Crippen LogP contribution in [0.25, 0.3) is 11.0 Å². The minimum Gasteiger partial charge on any atom is -0.464 e. The molecular formula is C15H18O3. The first-order valence-corrected chi connectivity index (χ1v) is 6.04. The first kappa shape index (κ1) is 12.7. The first-order chi connectivity index (χ1) is 8.35. The Morgan fingerprint density at radius 1 is 1.33 bits per heavy atom. The fraction of sp³-hybridized carbons (Fsp3) is 0.400. The molecule has 18 heavy (non-hydrogen) atoms. The van der Waals surface area contributed by atoms with Gasteiger partial charge in [-0.2, -0.15) is 0 Å². The van der Waals surface area contributed by atoms with Gasteiger partial charge in [0.05, 0.1) is 12.7 Å². The van der Waals surface area contributed by atoms with E-state index >= 15 is 0 Å². The van der Waals surface area contributed by atoms with Crippen LogP contribution in [-0.2, 0) is 16.0 Å². The minimum absolute atomic E-state index is 0.231. The molecule has 0 spiro atoms. The number of carbonyl (C=O) groups excluding carboxylic acids is 1. The molecule has 1 aromatic heterocycles. The number of hydrogen-bond acceptors (Lipinski definition) is 3. The second kappa shape index (κ2) is 4.48. The fourth-order valence-corrected chi connectivity index (χ4v) is 1.86. The highest BCUT2D eigenvalue weighted by atomic mass is 16.6. The highest BCUT2D eigenvalue weighted by Crippen LogP contribution is 2.23. The highest BCUT2D eigenvalue weighted by Gasteiger charge is 2.18. The summed E-state index contributed by atoms with van der Waals surface area (Å²) in [6, 6.07) is 5.96. The number of benzene rings is 1. The summed E-state index contributed by atoms with van der Waals surface area (Å²) in [5.41, 5.74) is 2.38. The Morgan fingerprint density at radius 3 is 2.72 bits per heavy atom. The van der Waals surface area contributed by atoms with E-state index in [2.05, 4.69) is 0 Å². The zero-order valence-electron chi connectivity index (χ0n) is 11.2. The summed E-state index contributed by atoms with van der Waals surface area (Å²) >= 11 is 0. The van der Waals surface area contributed by atoms with Crippen LogP contribution in [0.15, 0.2) is 28.9 Å². The Bertz CT molecular complexity index is 573. The van der Waals surface area contributed by atoms with Crippen LogP contribution in [0.1, 0.15) is 31.9 Å². The third kappa shape index (κ3) is 2.92. The van der Waals surface area contributed by atoms with Gasteiger partial charge >= 0.3 is 5.97 Å². The Kier molecular flexibility index (Phi) is 3.16. The molecule has 1 heterocycles. The number of esters is 1. The summed E-state index contributed by atoms with van der Waals surface area (Å²) in [6.45, 7) is 7.60. The van der Waals surface area contributed by atoms with E-state index in [1.807, 2.05) is 45.9 Å². The van der Waals surface area contributed by atoms with Crippen molar-refractivity contribution in [3.05, 3.63) is 35.6 Å². The number of fused-ring (bicyclic) bond motifs is 1. The van der Waals surface area contributed by atoms with Crippen LogP contribution in [0, 0.1) is 6.92 Å². The van der Waals surface area contributed by atoms with Crippen molar-refractivity contribution in [3.63, 3.8) is 0 Å². The maximum atomic E-state index is 11.8. The largest absolute Gasteiger partial charge is 0.464 e. The quantitative estimate of drug-likeness (QED) is 0.760. The first-order valence-electron chi connectivity index (χ1n) is 6.04. The summed E-state index contributed by atoms with van der Waals surface area (Å²) in [6.07, 6.45) is 1.88. The lowest BCUT2D eigenvalue weighted by atomic mass is 10.1. The average Bonchev–Trinajstić information content (AvgIpc) is 2.57. The lowest BCUT2D eigenvalue weighted by Crippen LogP contribution is -2.24. The maximum absolute atomic E-state index is 11.8. The molecule has 2 aromatic rings. The Morgan fingerprint density at radius 2 is 2.06 bits per heavy atom. The van der Waals surface area contributed by atoms with Gasteiger partial charge in [0, 0.05) is 10.9 Å². The molecule has 1 aromatic carbocycles. The molecule has 2 rings (SSSR count). The zero-order chi connectivity index (χ0) is 13.3. The standard InChI is InChI=1S/C15H18O3/c1-10-5-6-12-11(9-17-13(12)7-10)8-14(16)18-15(2,3)4/h5-7,9H,8H2,1-4H3. The van der Waals surface area contributed by atoms with Crippen molar-refractivity contribution in [2.24, 2.45) is 0 Å². The Labute approximate surface area is 107 Å². The second-order valence-electron chi connectivity index (χ2n) is 5.52. The highest BCUT2D eigenvalue weighted by molar-refractivity contribution is 5.86. The number of rotatable bonds is 2. The Hall–Kier alpha value is -1.77. The minimum atomic E-state index is -0.451. The summed E-state index contributed by atoms with van der Waals surface area (Å²) in [4.78, 5) is 11.8. The molecule has 0 N–H and O–H groups in total. The molecular weight excluding hydrogens is 228 g/mol. The maximum Gasteiger partial charge on any atom is 0.310 e. The van der Waals surface area contributed by atoms with E-state index in [1.54, 1.807) is 6.26 Å². The van der Waals surface area contributed by atoms with E-state index in [4.69, 9.17) is 9.15 Å². The number of furan rings is 1. The van der Waals surface area contributed by atoms with E-state index in [1.165, 1.54) is 0 Å². The summed E-state index contributed by atoms with van der Waals surface area (Å²) in [5, 5.41) is 0.978. The smallest absolute Gasteiger partial charge is 0.310 e. The van der Waals surface area contributed by atoms with Crippen molar-refractivity contribution in [1.29, 1.82) is 0 Å². The Balaban J connectivity index is 2.20. The molecule has 3 nitrogen and oxygen atoms in total. The van der Waals surface area contributed by atoms with E-state index in [9.17, 15) is 4.79 Å². The van der Waals surface area contributed by atoms with Crippen LogP contribution in [0.3, 0.4) is 0 Å². The molecule has 0 aliphatic carbocycles. The van der Waals surface area contributed by atoms with E-state index in [0.717, 1.165) is 22.1 Å². The van der Waals surface area contributed by atoms with Crippen LogP contribution in [0.5, 0.6) is 0 Å². The average molecular weight is 246 g/mol. The van der Waals surface area contributed by atoms with E-state index < -0.39 is 5.60 Å². The van der Waals surface area contributed by atoms with Crippen molar-refractivity contribution in [2.45, 2.75) is 39.7 Å². The molecule has 0 aliphatic rings. The molecule has 0 saturated carbocycles. The second-order valence-corrected chi connectivity index (χ2v) is 5.52. The van der Waals surface area contributed by atoms with Gasteiger partial charge in [-0.3, -0.25) is 4.79 Å². The third-order valence-corrected chi connectivity index (χ3v) is 2.57. The van der Waals surface area contributed by atoms with Gasteiger partial charge in [0.25, 0.3) is 0 Å². The molecule has 0 unspecified atom stereocenters. The molecule has 0 atom stereocenters. The molecule has 3 heteroatoms. The number of aryl methyl sites for hydroxylation is 1. The van der Waals surface area contributed by atoms with Gasteiger partial charge in [-0.25, -0.2) is 0 Å². The van der Waals surface area contributed by atoms with Gasteiger partial charge in [-0.15, -0.1) is 0 Å². The number of hydrogen-bond donors (Lipinski definition) is 0. The molecule has 0 amide bonds. The van der Waals surface area contributed by atoms with Crippen LogP contribution >= 0.6 is 0 Å². The predicted octanol–water partition coefficient (Wildman–Crippen LogP) is 3.63. The van der Waals surface area contributed by atoms with Crippen molar-refractivity contribution >= 4 is 16.9 Å². The molecule has 0 radical (unpaired) electrons. The van der Waals surface area contributed by atoms with Crippen LogP contribution in [0.2, 0.25) is 0 Å². The van der Waals surface area contributed by atoms with Crippen LogP contribution < -0.4 is 0 Å². The van der Waals surface area contributed by atoms with Gasteiger partial charge in [0.2, 0.25) is 0 Å². The summed E-state index contributed by atoms with van der Waals surface area (Å²) < 4.78 is 10.8. The lowest BCUT2D eigenvalue weighted by molar-refractivity contribution is -0.153. The molecule has 0 aliphatic heterocycles. The number of ether oxygens (including phenoxy) is 1. The molecule has 0 bridgehead atoms. The fourth-order valence-electron chi connectivity index (χ4n) is 1.86. The van der Waals surface area contributed by atoms with Gasteiger partial charge in [-0.1, -0.05) is 12.1 Å². The summed E-state index contributed by atoms with van der Waals surface area (Å²) in [5.74, 6) is -0.231. The van der Waals surface area contributed by atoms with Crippen molar-refractivity contribution in [3.8, 4) is 0 Å². The van der Waals surface area contributed by atoms with Crippen molar-refractivity contribution in [1.82, 2.24) is 0 Å². The third-order valence-electron chi connectivity index (χ3n) is 2.57. The van der Waals surface area contributed by atoms with Crippen molar-refractivity contribution in [2.75, 3.05) is 0 Å². The summed E-state index contributed by atoms with van der Waals surface area (Å²) in [7, 11) is 0. The van der Waals surface area contributed by atoms with Gasteiger partial charge in [0.1, 0.15) is 11.2 Å². The van der Waals surface area contributed by atoms with Gasteiger partial charge in [0.15, 0.2) is 0 Å². The monoisotopic (exact) mass is 246 g/mol. The van der Waals surface area contributed by atoms with E-state index in [0.29, 0.717) is 0 Å². The lowest BCUT2D eigenvalue weighted by Gasteiger charge is -2.19. The van der Waals surface area contributed by atoms with Gasteiger partial charge in [-0.05, 0) is 39.3 Å². The predicted molar refractivity (Wildman–Crippen MR) is 70.5 cm³/mol. The van der Waals surface area contributed by atoms with Gasteiger partial charge < -0.3 is 9.15 Å². The van der Waals surface area contributed by atoms with Crippen LogP contribution in [-0.4, -0.2) is 11.6 Å². The number of carbonyl (C=O) groups is 1. The normalized spacial score (nSPS) is 11.8.